The summed E-state index contributed by atoms with van der Waals surface area (Å²) in [5, 5.41) is 2.40. The van der Waals surface area contributed by atoms with Crippen LogP contribution >= 0.6 is 11.3 Å². The number of hydrogen-bond donors (Lipinski definition) is 0. The number of likely N-dealkylation sites (tertiary alicyclic amines) is 1. The van der Waals surface area contributed by atoms with E-state index in [0.29, 0.717) is 24.1 Å². The van der Waals surface area contributed by atoms with Gasteiger partial charge in [0.2, 0.25) is 0 Å². The van der Waals surface area contributed by atoms with Crippen molar-refractivity contribution < 1.29 is 9.59 Å². The minimum atomic E-state index is 0.0284. The second-order valence-corrected chi connectivity index (χ2v) is 10.3. The SMILES string of the molecule is O=C(c1ccc2c(c1)CCN(c1ccccn1)C2)N1CC(N2CCN(C(=O)c3nccs3)CC2)C1. The molecule has 0 saturated carbocycles. The number of nitrogens with zero attached hydrogens (tertiary/aromatic N) is 6. The Balaban J connectivity index is 1.01. The molecule has 3 aliphatic rings. The molecule has 3 aliphatic heterocycles. The minimum Gasteiger partial charge on any atom is -0.352 e. The first-order valence-corrected chi connectivity index (χ1v) is 13.0. The number of aromatic nitrogens is 2. The highest BCUT2D eigenvalue weighted by Crippen LogP contribution is 2.26. The number of pyridine rings is 1. The molecule has 8 nitrogen and oxygen atoms in total. The average molecular weight is 489 g/mol. The molecule has 0 bridgehead atoms. The lowest BCUT2D eigenvalue weighted by atomic mass is 9.96. The lowest BCUT2D eigenvalue weighted by Crippen LogP contribution is -2.64. The molecule has 0 radical (unpaired) electrons. The van der Waals surface area contributed by atoms with Gasteiger partial charge in [0.25, 0.3) is 11.8 Å². The van der Waals surface area contributed by atoms with Gasteiger partial charge < -0.3 is 14.7 Å². The Bertz CT molecular complexity index is 1200. The molecular formula is C26H28N6O2S. The number of carbonyl (C=O) groups excluding carboxylic acids is 2. The Morgan fingerprint density at radius 2 is 1.71 bits per heavy atom. The summed E-state index contributed by atoms with van der Waals surface area (Å²) in [6, 6.07) is 12.5. The van der Waals surface area contributed by atoms with E-state index in [1.165, 1.54) is 22.5 Å². The van der Waals surface area contributed by atoms with Crippen molar-refractivity contribution in [2.75, 3.05) is 50.7 Å². The Kier molecular flexibility index (Phi) is 5.95. The predicted octanol–water partition coefficient (Wildman–Crippen LogP) is 2.38. The van der Waals surface area contributed by atoms with E-state index in [-0.39, 0.29) is 11.8 Å². The first-order chi connectivity index (χ1) is 17.2. The van der Waals surface area contributed by atoms with Crippen molar-refractivity contribution in [1.29, 1.82) is 0 Å². The highest BCUT2D eigenvalue weighted by atomic mass is 32.1. The Hall–Kier alpha value is -3.30. The van der Waals surface area contributed by atoms with Crippen LogP contribution in [0.5, 0.6) is 0 Å². The van der Waals surface area contributed by atoms with E-state index in [1.54, 1.807) is 6.20 Å². The highest BCUT2D eigenvalue weighted by molar-refractivity contribution is 7.11. The fourth-order valence-corrected chi connectivity index (χ4v) is 5.81. The Morgan fingerprint density at radius 1 is 0.857 bits per heavy atom. The average Bonchev–Trinajstić information content (AvgIpc) is 3.43. The third-order valence-electron chi connectivity index (χ3n) is 7.32. The van der Waals surface area contributed by atoms with E-state index in [1.807, 2.05) is 45.6 Å². The Morgan fingerprint density at radius 3 is 2.46 bits per heavy atom. The van der Waals surface area contributed by atoms with Crippen molar-refractivity contribution in [1.82, 2.24) is 24.7 Å². The molecule has 0 spiro atoms. The fraction of sp³-hybridized carbons (Fsp3) is 0.385. The van der Waals surface area contributed by atoms with Crippen LogP contribution in [0.15, 0.2) is 54.2 Å². The van der Waals surface area contributed by atoms with Gasteiger partial charge in [-0.2, -0.15) is 0 Å². The lowest BCUT2D eigenvalue weighted by Gasteiger charge is -2.48. The van der Waals surface area contributed by atoms with Crippen LogP contribution in [-0.2, 0) is 13.0 Å². The van der Waals surface area contributed by atoms with Crippen molar-refractivity contribution in [2.45, 2.75) is 19.0 Å². The molecule has 2 aromatic heterocycles. The molecule has 2 fully saturated rings. The van der Waals surface area contributed by atoms with E-state index in [2.05, 4.69) is 31.9 Å². The zero-order valence-electron chi connectivity index (χ0n) is 19.5. The van der Waals surface area contributed by atoms with Gasteiger partial charge in [0.15, 0.2) is 5.01 Å². The van der Waals surface area contributed by atoms with Crippen LogP contribution < -0.4 is 4.90 Å². The van der Waals surface area contributed by atoms with Gasteiger partial charge >= 0.3 is 0 Å². The van der Waals surface area contributed by atoms with Gasteiger partial charge in [-0.05, 0) is 41.8 Å². The zero-order chi connectivity index (χ0) is 23.8. The first-order valence-electron chi connectivity index (χ1n) is 12.2. The third-order valence-corrected chi connectivity index (χ3v) is 8.08. The van der Waals surface area contributed by atoms with Crippen LogP contribution in [0, 0.1) is 0 Å². The Labute approximate surface area is 208 Å². The largest absolute Gasteiger partial charge is 0.352 e. The number of anilines is 1. The summed E-state index contributed by atoms with van der Waals surface area (Å²) in [5.74, 6) is 1.15. The maximum atomic E-state index is 13.1. The van der Waals surface area contributed by atoms with Gasteiger partial charge in [-0.3, -0.25) is 14.5 Å². The van der Waals surface area contributed by atoms with Crippen LogP contribution in [0.1, 0.15) is 31.3 Å². The van der Waals surface area contributed by atoms with Crippen molar-refractivity contribution >= 4 is 29.0 Å². The molecule has 0 aliphatic carbocycles. The fourth-order valence-electron chi connectivity index (χ4n) is 5.21. The zero-order valence-corrected chi connectivity index (χ0v) is 20.4. The smallest absolute Gasteiger partial charge is 0.282 e. The van der Waals surface area contributed by atoms with E-state index < -0.39 is 0 Å². The normalized spacial score (nSPS) is 18.8. The van der Waals surface area contributed by atoms with Crippen LogP contribution in [0.3, 0.4) is 0 Å². The number of benzene rings is 1. The molecule has 1 aromatic carbocycles. The number of fused-ring (bicyclic) bond motifs is 1. The molecule has 5 heterocycles. The van der Waals surface area contributed by atoms with Gasteiger partial charge in [-0.1, -0.05) is 12.1 Å². The van der Waals surface area contributed by atoms with Crippen molar-refractivity contribution in [3.63, 3.8) is 0 Å². The van der Waals surface area contributed by atoms with Crippen molar-refractivity contribution in [2.24, 2.45) is 0 Å². The summed E-state index contributed by atoms with van der Waals surface area (Å²) >= 11 is 1.39. The van der Waals surface area contributed by atoms with Gasteiger partial charge in [0.05, 0.1) is 0 Å². The first kappa shape index (κ1) is 22.2. The summed E-state index contributed by atoms with van der Waals surface area (Å²) in [4.78, 5) is 42.8. The maximum absolute atomic E-state index is 13.1. The van der Waals surface area contributed by atoms with Gasteiger partial charge in [0.1, 0.15) is 5.82 Å². The summed E-state index contributed by atoms with van der Waals surface area (Å²) in [6.07, 6.45) is 4.42. The second kappa shape index (κ2) is 9.39. The molecule has 0 atom stereocenters. The molecule has 180 valence electrons. The number of thiazole rings is 1. The molecule has 3 aromatic rings. The summed E-state index contributed by atoms with van der Waals surface area (Å²) in [6.45, 7) is 6.35. The number of carbonyl (C=O) groups is 2. The molecule has 35 heavy (non-hydrogen) atoms. The van der Waals surface area contributed by atoms with Crippen LogP contribution in [0.4, 0.5) is 5.82 Å². The second-order valence-electron chi connectivity index (χ2n) is 9.37. The topological polar surface area (TPSA) is 72.9 Å². The summed E-state index contributed by atoms with van der Waals surface area (Å²) in [7, 11) is 0. The molecule has 2 saturated heterocycles. The van der Waals surface area contributed by atoms with E-state index in [0.717, 1.165) is 57.1 Å². The monoisotopic (exact) mass is 488 g/mol. The van der Waals surface area contributed by atoms with E-state index in [4.69, 9.17) is 0 Å². The van der Waals surface area contributed by atoms with Crippen LogP contribution in [-0.4, -0.2) is 88.3 Å². The molecule has 6 rings (SSSR count). The van der Waals surface area contributed by atoms with Crippen LogP contribution in [0.25, 0.3) is 0 Å². The number of piperazine rings is 1. The number of rotatable bonds is 4. The highest BCUT2D eigenvalue weighted by Gasteiger charge is 2.37. The molecule has 0 N–H and O–H groups in total. The van der Waals surface area contributed by atoms with Crippen LogP contribution in [0.2, 0.25) is 0 Å². The maximum Gasteiger partial charge on any atom is 0.282 e. The van der Waals surface area contributed by atoms with E-state index in [9.17, 15) is 9.59 Å². The predicted molar refractivity (Wildman–Crippen MR) is 135 cm³/mol. The van der Waals surface area contributed by atoms with Crippen molar-refractivity contribution in [3.05, 3.63) is 75.9 Å². The molecule has 9 heteroatoms. The molecule has 2 amide bonds. The number of hydrogen-bond acceptors (Lipinski definition) is 7. The third kappa shape index (κ3) is 4.41. The van der Waals surface area contributed by atoms with Gasteiger partial charge in [-0.25, -0.2) is 9.97 Å². The summed E-state index contributed by atoms with van der Waals surface area (Å²) < 4.78 is 0. The van der Waals surface area contributed by atoms with Crippen molar-refractivity contribution in [3.8, 4) is 0 Å². The standard InChI is InChI=1S/C26H28N6O2S/c33-25(20-4-5-21-16-31(9-6-19(21)15-20)23-3-1-2-7-27-23)32-17-22(18-32)29-10-12-30(13-11-29)26(34)24-28-8-14-35-24/h1-5,7-8,14-15,22H,6,9-13,16-18H2. The molecule has 0 unspecified atom stereocenters. The summed E-state index contributed by atoms with van der Waals surface area (Å²) in [5.41, 5.74) is 3.32. The van der Waals surface area contributed by atoms with E-state index >= 15 is 0 Å². The minimum absolute atomic E-state index is 0.0284. The number of amides is 2. The van der Waals surface area contributed by atoms with Gasteiger partial charge in [0, 0.05) is 81.7 Å². The molecular weight excluding hydrogens is 460 g/mol. The van der Waals surface area contributed by atoms with Gasteiger partial charge in [-0.15, -0.1) is 11.3 Å². The quantitative estimate of drug-likeness (QED) is 0.562. The lowest BCUT2D eigenvalue weighted by molar-refractivity contribution is 0.00852.